The summed E-state index contributed by atoms with van der Waals surface area (Å²) in [6, 6.07) is 13.5. The van der Waals surface area contributed by atoms with Gasteiger partial charge in [0, 0.05) is 36.6 Å². The molecule has 1 atom stereocenters. The second kappa shape index (κ2) is 9.42. The number of Topliss-reactive ketones (excluding diaryl/α,β-unsaturated/α-hetero) is 1. The molecule has 2 saturated heterocycles. The van der Waals surface area contributed by atoms with Crippen LogP contribution in [0.25, 0.3) is 0 Å². The number of nitrogens with zero attached hydrogens (tertiary/aromatic N) is 3. The number of amides is 4. The minimum atomic E-state index is -1.26. The average molecular weight is 489 g/mol. The number of hydrogen-bond acceptors (Lipinski definition) is 6. The number of likely N-dealkylation sites (tertiary alicyclic amines) is 1. The summed E-state index contributed by atoms with van der Waals surface area (Å²) < 4.78 is 0. The van der Waals surface area contributed by atoms with Crippen molar-refractivity contribution in [2.24, 2.45) is 5.92 Å². The summed E-state index contributed by atoms with van der Waals surface area (Å²) in [5, 5.41) is 6.81. The van der Waals surface area contributed by atoms with Crippen molar-refractivity contribution in [2.75, 3.05) is 13.1 Å². The van der Waals surface area contributed by atoms with Crippen molar-refractivity contribution in [2.45, 2.75) is 24.9 Å². The first-order valence-electron chi connectivity index (χ1n) is 11.4. The van der Waals surface area contributed by atoms with Crippen molar-refractivity contribution in [1.82, 2.24) is 20.1 Å². The highest BCUT2D eigenvalue weighted by atomic mass is 32.1. The Labute approximate surface area is 206 Å². The second-order valence-corrected chi connectivity index (χ2v) is 9.54. The molecule has 4 heterocycles. The number of hydrogen-bond donors (Lipinski definition) is 1. The van der Waals surface area contributed by atoms with Crippen molar-refractivity contribution in [3.63, 3.8) is 0 Å². The van der Waals surface area contributed by atoms with Gasteiger partial charge >= 0.3 is 6.03 Å². The normalized spacial score (nSPS) is 20.7. The lowest BCUT2D eigenvalue weighted by Crippen LogP contribution is -2.54. The lowest BCUT2D eigenvalue weighted by atomic mass is 9.73. The molecular weight excluding hydrogens is 464 g/mol. The molecule has 0 unspecified atom stereocenters. The number of nitrogens with one attached hydrogen (secondary N) is 1. The number of ketones is 1. The van der Waals surface area contributed by atoms with Crippen molar-refractivity contribution in [1.29, 1.82) is 0 Å². The number of piperidine rings is 1. The van der Waals surface area contributed by atoms with Crippen molar-refractivity contribution in [3.05, 3.63) is 88.4 Å². The van der Waals surface area contributed by atoms with Gasteiger partial charge in [-0.25, -0.2) is 4.79 Å². The molecule has 0 aliphatic carbocycles. The number of aromatic nitrogens is 1. The van der Waals surface area contributed by atoms with Crippen molar-refractivity contribution in [3.8, 4) is 0 Å². The van der Waals surface area contributed by atoms with E-state index in [2.05, 4.69) is 10.3 Å². The largest absolute Gasteiger partial charge is 0.336 e. The minimum absolute atomic E-state index is 0.194. The van der Waals surface area contributed by atoms with E-state index in [1.54, 1.807) is 54.9 Å². The van der Waals surface area contributed by atoms with E-state index in [-0.39, 0.29) is 18.4 Å². The standard InChI is InChI=1S/C26H24N4O4S/c31-22(19-5-2-1-3-6-19)23(32)29-12-8-20(9-13-29)26(21-7-4-11-27-15-21)24(33)30(25(34)28-26)16-18-10-14-35-17-18/h1-7,10-11,14-15,17,20H,8-9,12-13,16H2,(H,28,34)/t26-/m0/s1. The Morgan fingerprint density at radius 3 is 2.49 bits per heavy atom. The zero-order valence-corrected chi connectivity index (χ0v) is 19.7. The molecule has 0 bridgehead atoms. The third-order valence-electron chi connectivity index (χ3n) is 6.79. The number of benzene rings is 1. The Kier molecular flexibility index (Phi) is 6.17. The molecule has 3 aromatic rings. The van der Waals surface area contributed by atoms with Crippen LogP contribution in [0.3, 0.4) is 0 Å². The predicted octanol–water partition coefficient (Wildman–Crippen LogP) is 3.21. The Bertz CT molecular complexity index is 1240. The molecule has 2 aliphatic heterocycles. The smallest absolute Gasteiger partial charge is 0.325 e. The lowest BCUT2D eigenvalue weighted by Gasteiger charge is -2.40. The van der Waals surface area contributed by atoms with E-state index in [1.807, 2.05) is 16.8 Å². The predicted molar refractivity (Wildman–Crippen MR) is 129 cm³/mol. The fourth-order valence-corrected chi connectivity index (χ4v) is 5.64. The Hall–Kier alpha value is -3.85. The zero-order valence-electron chi connectivity index (χ0n) is 18.9. The summed E-state index contributed by atoms with van der Waals surface area (Å²) in [6.07, 6.45) is 4.16. The molecule has 4 amide bonds. The van der Waals surface area contributed by atoms with Gasteiger partial charge in [0.15, 0.2) is 5.54 Å². The summed E-state index contributed by atoms with van der Waals surface area (Å²) in [5.74, 6) is -1.66. The van der Waals surface area contributed by atoms with Gasteiger partial charge in [0.05, 0.1) is 6.54 Å². The van der Waals surface area contributed by atoms with E-state index in [1.165, 1.54) is 21.1 Å². The monoisotopic (exact) mass is 488 g/mol. The van der Waals surface area contributed by atoms with Crippen LogP contribution in [0.2, 0.25) is 0 Å². The number of urea groups is 1. The van der Waals surface area contributed by atoms with Gasteiger partial charge in [-0.1, -0.05) is 36.4 Å². The molecule has 2 aliphatic rings. The second-order valence-electron chi connectivity index (χ2n) is 8.76. The molecule has 0 spiro atoms. The van der Waals surface area contributed by atoms with Gasteiger partial charge in [-0.05, 0) is 47.2 Å². The van der Waals surface area contributed by atoms with Crippen molar-refractivity contribution < 1.29 is 19.2 Å². The first-order chi connectivity index (χ1) is 17.0. The maximum Gasteiger partial charge on any atom is 0.325 e. The van der Waals surface area contributed by atoms with E-state index in [4.69, 9.17) is 0 Å². The average Bonchev–Trinajstić information content (AvgIpc) is 3.52. The molecule has 9 heteroatoms. The molecule has 2 aromatic heterocycles. The van der Waals surface area contributed by atoms with E-state index >= 15 is 0 Å². The third-order valence-corrected chi connectivity index (χ3v) is 7.53. The van der Waals surface area contributed by atoms with Crippen molar-refractivity contribution >= 4 is 35.0 Å². The van der Waals surface area contributed by atoms with Gasteiger partial charge < -0.3 is 10.2 Å². The van der Waals surface area contributed by atoms with Gasteiger partial charge in [-0.3, -0.25) is 24.3 Å². The van der Waals surface area contributed by atoms with Crippen LogP contribution in [0.4, 0.5) is 4.79 Å². The molecule has 2 fully saturated rings. The molecule has 0 saturated carbocycles. The molecule has 35 heavy (non-hydrogen) atoms. The first-order valence-corrected chi connectivity index (χ1v) is 12.4. The van der Waals surface area contributed by atoms with E-state index in [0.29, 0.717) is 37.1 Å². The highest BCUT2D eigenvalue weighted by molar-refractivity contribution is 7.07. The summed E-state index contributed by atoms with van der Waals surface area (Å²) in [5.41, 5.74) is 0.602. The van der Waals surface area contributed by atoms with Crippen LogP contribution in [0.1, 0.15) is 34.3 Å². The van der Waals surface area contributed by atoms with Gasteiger partial charge in [0.1, 0.15) is 0 Å². The number of pyridine rings is 1. The van der Waals surface area contributed by atoms with Crippen LogP contribution < -0.4 is 5.32 Å². The van der Waals surface area contributed by atoms with Crippen LogP contribution in [0, 0.1) is 5.92 Å². The van der Waals surface area contributed by atoms with Crippen LogP contribution in [-0.4, -0.2) is 51.5 Å². The fraction of sp³-hybridized carbons (Fsp3) is 0.269. The summed E-state index contributed by atoms with van der Waals surface area (Å²) in [7, 11) is 0. The summed E-state index contributed by atoms with van der Waals surface area (Å²) in [6.45, 7) is 0.828. The topological polar surface area (TPSA) is 99.7 Å². The maximum absolute atomic E-state index is 13.9. The maximum atomic E-state index is 13.9. The van der Waals surface area contributed by atoms with Gasteiger partial charge in [0.25, 0.3) is 11.8 Å². The number of carbonyl (C=O) groups excluding carboxylic acids is 4. The Balaban J connectivity index is 1.38. The molecule has 8 nitrogen and oxygen atoms in total. The fourth-order valence-electron chi connectivity index (χ4n) is 4.98. The summed E-state index contributed by atoms with van der Waals surface area (Å²) in [4.78, 5) is 59.4. The molecular formula is C26H24N4O4S. The quantitative estimate of drug-likeness (QED) is 0.326. The zero-order chi connectivity index (χ0) is 24.4. The lowest BCUT2D eigenvalue weighted by molar-refractivity contribution is -0.135. The molecule has 5 rings (SSSR count). The van der Waals surface area contributed by atoms with Crippen LogP contribution in [-0.2, 0) is 21.7 Å². The highest BCUT2D eigenvalue weighted by Gasteiger charge is 2.57. The van der Waals surface area contributed by atoms with E-state index in [9.17, 15) is 19.2 Å². The Morgan fingerprint density at radius 2 is 1.83 bits per heavy atom. The third kappa shape index (κ3) is 4.12. The number of thiophene rings is 1. The van der Waals surface area contributed by atoms with Crippen LogP contribution in [0.5, 0.6) is 0 Å². The van der Waals surface area contributed by atoms with Crippen LogP contribution >= 0.6 is 11.3 Å². The first kappa shape index (κ1) is 22.9. The van der Waals surface area contributed by atoms with Gasteiger partial charge in [0.2, 0.25) is 5.78 Å². The molecule has 0 radical (unpaired) electrons. The van der Waals surface area contributed by atoms with E-state index < -0.39 is 23.3 Å². The Morgan fingerprint density at radius 1 is 1.06 bits per heavy atom. The summed E-state index contributed by atoms with van der Waals surface area (Å²) >= 11 is 1.51. The van der Waals surface area contributed by atoms with Gasteiger partial charge in [-0.2, -0.15) is 11.3 Å². The highest BCUT2D eigenvalue weighted by Crippen LogP contribution is 2.41. The number of imide groups is 1. The molecule has 1 N–H and O–H groups in total. The van der Waals surface area contributed by atoms with Gasteiger partial charge in [-0.15, -0.1) is 0 Å². The molecule has 1 aromatic carbocycles. The van der Waals surface area contributed by atoms with E-state index in [0.717, 1.165) is 5.56 Å². The molecule has 178 valence electrons. The minimum Gasteiger partial charge on any atom is -0.336 e. The number of carbonyl (C=O) groups is 4. The SMILES string of the molecule is O=C(C(=O)N1CCC([C@@]2(c3cccnc3)NC(=O)N(Cc3ccsc3)C2=O)CC1)c1ccccc1. The number of rotatable bonds is 6. The van der Waals surface area contributed by atoms with Crippen LogP contribution in [0.15, 0.2) is 71.7 Å².